The second kappa shape index (κ2) is 4.59. The van der Waals surface area contributed by atoms with Gasteiger partial charge in [-0.1, -0.05) is 15.9 Å². The van der Waals surface area contributed by atoms with Crippen LogP contribution in [-0.4, -0.2) is 18.1 Å². The number of hydrogen-bond donors (Lipinski definition) is 2. The zero-order chi connectivity index (χ0) is 10.7. The number of nitrogens with zero attached hydrogens (tertiary/aromatic N) is 1. The summed E-state index contributed by atoms with van der Waals surface area (Å²) in [5.41, 5.74) is 7.52. The van der Waals surface area contributed by atoms with Gasteiger partial charge in [-0.05, 0) is 24.3 Å². The van der Waals surface area contributed by atoms with Gasteiger partial charge in [-0.25, -0.2) is 0 Å². The molecule has 0 saturated carbocycles. The Kier molecular flexibility index (Phi) is 3.18. The molecule has 1 aromatic heterocycles. The van der Waals surface area contributed by atoms with Gasteiger partial charge in [-0.2, -0.15) is 0 Å². The van der Waals surface area contributed by atoms with Gasteiger partial charge in [0.25, 0.3) is 0 Å². The average molecular weight is 266 g/mol. The lowest BCUT2D eigenvalue weighted by molar-refractivity contribution is 1.03. The van der Waals surface area contributed by atoms with Crippen LogP contribution in [0, 0.1) is 0 Å². The van der Waals surface area contributed by atoms with E-state index in [-0.39, 0.29) is 0 Å². The summed E-state index contributed by atoms with van der Waals surface area (Å²) in [5, 5.41) is 4.39. The van der Waals surface area contributed by atoms with E-state index < -0.39 is 0 Å². The number of rotatable bonds is 3. The number of anilines is 1. The highest BCUT2D eigenvalue weighted by Gasteiger charge is 2.01. The Morgan fingerprint density at radius 2 is 2.20 bits per heavy atom. The Labute approximate surface area is 96.8 Å². The first kappa shape index (κ1) is 10.4. The minimum absolute atomic E-state index is 0.623. The Hall–Kier alpha value is -1.13. The number of hydrogen-bond acceptors (Lipinski definition) is 3. The molecule has 78 valence electrons. The summed E-state index contributed by atoms with van der Waals surface area (Å²) in [7, 11) is 0. The van der Waals surface area contributed by atoms with Gasteiger partial charge in [0, 0.05) is 34.8 Å². The van der Waals surface area contributed by atoms with E-state index in [1.54, 1.807) is 6.20 Å². The minimum atomic E-state index is 0.623. The van der Waals surface area contributed by atoms with Gasteiger partial charge in [0.1, 0.15) is 0 Å². The molecular formula is C11H12BrN3. The lowest BCUT2D eigenvalue weighted by atomic mass is 10.2. The number of aromatic nitrogens is 1. The van der Waals surface area contributed by atoms with E-state index in [9.17, 15) is 0 Å². The molecule has 0 bridgehead atoms. The predicted octanol–water partition coefficient (Wildman–Crippen LogP) is 2.37. The Morgan fingerprint density at radius 1 is 1.33 bits per heavy atom. The van der Waals surface area contributed by atoms with Crippen molar-refractivity contribution in [2.24, 2.45) is 5.73 Å². The fraction of sp³-hybridized carbons (Fsp3) is 0.182. The highest BCUT2D eigenvalue weighted by atomic mass is 79.9. The van der Waals surface area contributed by atoms with Crippen molar-refractivity contribution in [3.05, 3.63) is 34.9 Å². The molecule has 0 amide bonds. The van der Waals surface area contributed by atoms with Crippen LogP contribution in [0.25, 0.3) is 10.9 Å². The van der Waals surface area contributed by atoms with Gasteiger partial charge < -0.3 is 11.1 Å². The molecule has 0 atom stereocenters. The molecule has 15 heavy (non-hydrogen) atoms. The molecule has 2 rings (SSSR count). The first-order valence-corrected chi connectivity index (χ1v) is 5.59. The van der Waals surface area contributed by atoms with E-state index in [2.05, 4.69) is 32.3 Å². The topological polar surface area (TPSA) is 50.9 Å². The maximum atomic E-state index is 5.46. The Balaban J connectivity index is 2.48. The number of pyridine rings is 1. The molecular weight excluding hydrogens is 254 g/mol. The first-order chi connectivity index (χ1) is 7.31. The molecule has 1 heterocycles. The van der Waals surface area contributed by atoms with Crippen LogP contribution in [0.2, 0.25) is 0 Å². The van der Waals surface area contributed by atoms with E-state index in [0.717, 1.165) is 27.6 Å². The smallest absolute Gasteiger partial charge is 0.0723 e. The number of fused-ring (bicyclic) bond motifs is 1. The van der Waals surface area contributed by atoms with Crippen molar-refractivity contribution >= 4 is 32.5 Å². The maximum Gasteiger partial charge on any atom is 0.0723 e. The second-order valence-corrected chi connectivity index (χ2v) is 4.15. The fourth-order valence-corrected chi connectivity index (χ4v) is 1.84. The zero-order valence-electron chi connectivity index (χ0n) is 8.20. The van der Waals surface area contributed by atoms with Crippen LogP contribution >= 0.6 is 15.9 Å². The van der Waals surface area contributed by atoms with Crippen LogP contribution in [0.1, 0.15) is 0 Å². The van der Waals surface area contributed by atoms with Gasteiger partial charge >= 0.3 is 0 Å². The van der Waals surface area contributed by atoms with E-state index >= 15 is 0 Å². The summed E-state index contributed by atoms with van der Waals surface area (Å²) in [6, 6.07) is 8.00. The van der Waals surface area contributed by atoms with Crippen molar-refractivity contribution in [2.45, 2.75) is 0 Å². The Bertz CT molecular complexity index is 470. The quantitative estimate of drug-likeness (QED) is 0.896. The lowest BCUT2D eigenvalue weighted by Crippen LogP contribution is -2.13. The summed E-state index contributed by atoms with van der Waals surface area (Å²) in [4.78, 5) is 4.30. The zero-order valence-corrected chi connectivity index (χ0v) is 9.79. The van der Waals surface area contributed by atoms with Gasteiger partial charge in [-0.15, -0.1) is 0 Å². The standard InChI is InChI=1S/C11H12BrN3/c12-8-1-2-10-9(7-8)11(3-5-14-10)15-6-4-13/h1-3,5,7H,4,6,13H2,(H,14,15). The van der Waals surface area contributed by atoms with E-state index in [4.69, 9.17) is 5.73 Å². The summed E-state index contributed by atoms with van der Waals surface area (Å²) >= 11 is 3.45. The van der Waals surface area contributed by atoms with Crippen LogP contribution in [0.15, 0.2) is 34.9 Å². The molecule has 0 aliphatic rings. The van der Waals surface area contributed by atoms with Crippen molar-refractivity contribution < 1.29 is 0 Å². The molecule has 0 fully saturated rings. The van der Waals surface area contributed by atoms with Gasteiger partial charge in [0.15, 0.2) is 0 Å². The Morgan fingerprint density at radius 3 is 3.00 bits per heavy atom. The van der Waals surface area contributed by atoms with Gasteiger partial charge in [-0.3, -0.25) is 4.98 Å². The number of halogens is 1. The lowest BCUT2D eigenvalue weighted by Gasteiger charge is -2.08. The third kappa shape index (κ3) is 2.27. The highest BCUT2D eigenvalue weighted by molar-refractivity contribution is 9.10. The molecule has 3 N–H and O–H groups in total. The third-order valence-corrected chi connectivity index (χ3v) is 2.66. The number of benzene rings is 1. The van der Waals surface area contributed by atoms with Gasteiger partial charge in [0.05, 0.1) is 5.52 Å². The van der Waals surface area contributed by atoms with E-state index in [1.165, 1.54) is 0 Å². The minimum Gasteiger partial charge on any atom is -0.383 e. The van der Waals surface area contributed by atoms with Crippen LogP contribution < -0.4 is 11.1 Å². The third-order valence-electron chi connectivity index (χ3n) is 2.16. The summed E-state index contributed by atoms with van der Waals surface area (Å²) < 4.78 is 1.05. The van der Waals surface area contributed by atoms with Crippen LogP contribution in [0.3, 0.4) is 0 Å². The summed E-state index contributed by atoms with van der Waals surface area (Å²) in [6.07, 6.45) is 1.80. The van der Waals surface area contributed by atoms with Crippen molar-refractivity contribution in [3.63, 3.8) is 0 Å². The van der Waals surface area contributed by atoms with Crippen molar-refractivity contribution in [3.8, 4) is 0 Å². The predicted molar refractivity (Wildman–Crippen MR) is 67.0 cm³/mol. The van der Waals surface area contributed by atoms with Gasteiger partial charge in [0.2, 0.25) is 0 Å². The van der Waals surface area contributed by atoms with Crippen LogP contribution in [0.5, 0.6) is 0 Å². The van der Waals surface area contributed by atoms with Crippen molar-refractivity contribution in [2.75, 3.05) is 18.4 Å². The van der Waals surface area contributed by atoms with E-state index in [0.29, 0.717) is 6.54 Å². The largest absolute Gasteiger partial charge is 0.383 e. The van der Waals surface area contributed by atoms with Crippen LogP contribution in [-0.2, 0) is 0 Å². The molecule has 0 spiro atoms. The maximum absolute atomic E-state index is 5.46. The molecule has 0 aliphatic heterocycles. The highest BCUT2D eigenvalue weighted by Crippen LogP contribution is 2.24. The van der Waals surface area contributed by atoms with Crippen molar-refractivity contribution in [1.82, 2.24) is 4.98 Å². The first-order valence-electron chi connectivity index (χ1n) is 4.79. The molecule has 1 aromatic carbocycles. The molecule has 0 radical (unpaired) electrons. The number of nitrogens with one attached hydrogen (secondary N) is 1. The van der Waals surface area contributed by atoms with E-state index in [1.807, 2.05) is 18.2 Å². The summed E-state index contributed by atoms with van der Waals surface area (Å²) in [6.45, 7) is 1.39. The molecule has 4 heteroatoms. The molecule has 2 aromatic rings. The molecule has 3 nitrogen and oxygen atoms in total. The number of nitrogens with two attached hydrogens (primary N) is 1. The second-order valence-electron chi connectivity index (χ2n) is 3.24. The molecule has 0 unspecified atom stereocenters. The monoisotopic (exact) mass is 265 g/mol. The van der Waals surface area contributed by atoms with Crippen LogP contribution in [0.4, 0.5) is 5.69 Å². The molecule has 0 saturated heterocycles. The fourth-order valence-electron chi connectivity index (χ4n) is 1.48. The average Bonchev–Trinajstić information content (AvgIpc) is 2.26. The normalized spacial score (nSPS) is 10.5. The SMILES string of the molecule is NCCNc1ccnc2ccc(Br)cc12. The summed E-state index contributed by atoms with van der Waals surface area (Å²) in [5.74, 6) is 0. The van der Waals surface area contributed by atoms with Crippen molar-refractivity contribution in [1.29, 1.82) is 0 Å². The molecule has 0 aliphatic carbocycles.